The van der Waals surface area contributed by atoms with Crippen molar-refractivity contribution in [3.63, 3.8) is 0 Å². The molecule has 0 atom stereocenters. The molecule has 0 N–H and O–H groups in total. The van der Waals surface area contributed by atoms with Crippen LogP contribution in [0.25, 0.3) is 0 Å². The quantitative estimate of drug-likeness (QED) is 0.362. The number of ether oxygens (including phenoxy) is 1. The summed E-state index contributed by atoms with van der Waals surface area (Å²) in [5.41, 5.74) is 0.812. The van der Waals surface area contributed by atoms with Gasteiger partial charge in [-0.25, -0.2) is 0 Å². The Morgan fingerprint density at radius 3 is 2.70 bits per heavy atom. The molecule has 0 unspecified atom stereocenters. The predicted octanol–water partition coefficient (Wildman–Crippen LogP) is 5.70. The van der Waals surface area contributed by atoms with Crippen molar-refractivity contribution < 1.29 is 9.66 Å². The highest BCUT2D eigenvalue weighted by atomic mass is 79.9. The number of hydrogen-bond acceptors (Lipinski definition) is 3. The van der Waals surface area contributed by atoms with Crippen molar-refractivity contribution in [2.45, 2.75) is 5.33 Å². The third kappa shape index (κ3) is 3.31. The predicted molar refractivity (Wildman–Crippen MR) is 85.0 cm³/mol. The van der Waals surface area contributed by atoms with E-state index in [4.69, 9.17) is 16.3 Å². The highest BCUT2D eigenvalue weighted by Gasteiger charge is 2.14. The second kappa shape index (κ2) is 6.56. The number of hydrogen-bond donors (Lipinski definition) is 0. The van der Waals surface area contributed by atoms with E-state index < -0.39 is 4.92 Å². The van der Waals surface area contributed by atoms with Gasteiger partial charge < -0.3 is 4.74 Å². The molecule has 0 aromatic heterocycles. The zero-order chi connectivity index (χ0) is 14.7. The second-order valence-electron chi connectivity index (χ2n) is 3.84. The molecule has 4 nitrogen and oxygen atoms in total. The van der Waals surface area contributed by atoms with Gasteiger partial charge in [0.2, 0.25) is 0 Å². The van der Waals surface area contributed by atoms with E-state index in [1.165, 1.54) is 12.1 Å². The zero-order valence-corrected chi connectivity index (χ0v) is 13.9. The van der Waals surface area contributed by atoms with E-state index in [9.17, 15) is 10.1 Å². The summed E-state index contributed by atoms with van der Waals surface area (Å²) in [7, 11) is 0. The third-order valence-electron chi connectivity index (χ3n) is 2.53. The molecule has 0 amide bonds. The summed E-state index contributed by atoms with van der Waals surface area (Å²) in [4.78, 5) is 10.3. The topological polar surface area (TPSA) is 52.4 Å². The van der Waals surface area contributed by atoms with Crippen LogP contribution in [0, 0.1) is 10.1 Å². The average molecular weight is 421 g/mol. The van der Waals surface area contributed by atoms with E-state index >= 15 is 0 Å². The average Bonchev–Trinajstić information content (AvgIpc) is 2.42. The van der Waals surface area contributed by atoms with Crippen LogP contribution in [0.3, 0.4) is 0 Å². The molecule has 0 aliphatic heterocycles. The van der Waals surface area contributed by atoms with Gasteiger partial charge in [-0.1, -0.05) is 39.7 Å². The van der Waals surface area contributed by atoms with E-state index in [-0.39, 0.29) is 5.69 Å². The minimum Gasteiger partial charge on any atom is -0.454 e. The smallest absolute Gasteiger partial charge is 0.273 e. The van der Waals surface area contributed by atoms with Gasteiger partial charge in [-0.15, -0.1) is 0 Å². The summed E-state index contributed by atoms with van der Waals surface area (Å²) in [6.45, 7) is 0. The molecule has 2 rings (SSSR count). The number of non-ortho nitro benzene ring substituents is 1. The lowest BCUT2D eigenvalue weighted by atomic mass is 10.2. The lowest BCUT2D eigenvalue weighted by Crippen LogP contribution is -1.93. The van der Waals surface area contributed by atoms with Crippen molar-refractivity contribution >= 4 is 49.1 Å². The number of benzene rings is 2. The van der Waals surface area contributed by atoms with E-state index in [0.717, 1.165) is 5.56 Å². The van der Waals surface area contributed by atoms with Gasteiger partial charge in [0.15, 0.2) is 0 Å². The largest absolute Gasteiger partial charge is 0.454 e. The zero-order valence-electron chi connectivity index (χ0n) is 9.98. The van der Waals surface area contributed by atoms with Crippen LogP contribution < -0.4 is 4.74 Å². The lowest BCUT2D eigenvalue weighted by molar-refractivity contribution is -0.384. The number of alkyl halides is 1. The lowest BCUT2D eigenvalue weighted by Gasteiger charge is -2.12. The summed E-state index contributed by atoms with van der Waals surface area (Å²) in [5.74, 6) is 0.821. The van der Waals surface area contributed by atoms with Gasteiger partial charge >= 0.3 is 0 Å². The fourth-order valence-corrected chi connectivity index (χ4v) is 2.57. The van der Waals surface area contributed by atoms with E-state index in [2.05, 4.69) is 31.9 Å². The Morgan fingerprint density at radius 2 is 2.05 bits per heavy atom. The summed E-state index contributed by atoms with van der Waals surface area (Å²) >= 11 is 12.8. The van der Waals surface area contributed by atoms with Gasteiger partial charge in [0.25, 0.3) is 5.69 Å². The fourth-order valence-electron chi connectivity index (χ4n) is 1.57. The highest BCUT2D eigenvalue weighted by Crippen LogP contribution is 2.38. The maximum atomic E-state index is 10.8. The molecule has 0 saturated heterocycles. The molecular weight excluding hydrogens is 413 g/mol. The van der Waals surface area contributed by atoms with Crippen LogP contribution in [0.2, 0.25) is 5.02 Å². The molecule has 7 heteroatoms. The van der Waals surface area contributed by atoms with Gasteiger partial charge in [0.1, 0.15) is 11.5 Å². The van der Waals surface area contributed by atoms with Crippen molar-refractivity contribution in [1.82, 2.24) is 0 Å². The molecular formula is C13H8Br2ClNO3. The summed E-state index contributed by atoms with van der Waals surface area (Å²) in [5, 5.41) is 11.8. The maximum Gasteiger partial charge on any atom is 0.273 e. The minimum absolute atomic E-state index is 0.0457. The van der Waals surface area contributed by atoms with E-state index in [1.807, 2.05) is 12.1 Å². The molecule has 2 aromatic rings. The maximum absolute atomic E-state index is 10.8. The van der Waals surface area contributed by atoms with Crippen LogP contribution in [-0.2, 0) is 5.33 Å². The monoisotopic (exact) mass is 419 g/mol. The molecule has 0 heterocycles. The van der Waals surface area contributed by atoms with Crippen molar-refractivity contribution in [1.29, 1.82) is 0 Å². The van der Waals surface area contributed by atoms with Crippen LogP contribution in [0.1, 0.15) is 5.56 Å². The Balaban J connectivity index is 2.44. The second-order valence-corrected chi connectivity index (χ2v) is 5.66. The van der Waals surface area contributed by atoms with Crippen LogP contribution in [0.5, 0.6) is 11.5 Å². The van der Waals surface area contributed by atoms with Crippen LogP contribution in [0.15, 0.2) is 40.9 Å². The standard InChI is InChI=1S/C13H8Br2ClNO3/c14-7-8-2-1-3-11(16)13(8)20-12-6-9(17(18)19)4-5-10(12)15/h1-6H,7H2. The fraction of sp³-hybridized carbons (Fsp3) is 0.0769. The number of rotatable bonds is 4. The SMILES string of the molecule is O=[N+]([O-])c1ccc(Br)c(Oc2c(Cl)cccc2CBr)c1. The number of halogens is 3. The first-order valence-corrected chi connectivity index (χ1v) is 7.77. The number of nitrogens with zero attached hydrogens (tertiary/aromatic N) is 1. The Hall–Kier alpha value is -1.11. The van der Waals surface area contributed by atoms with Crippen LogP contribution in [-0.4, -0.2) is 4.92 Å². The van der Waals surface area contributed by atoms with Crippen LogP contribution in [0.4, 0.5) is 5.69 Å². The summed E-state index contributed by atoms with van der Waals surface area (Å²) in [6.07, 6.45) is 0. The Bertz CT molecular complexity index is 664. The molecule has 0 fully saturated rings. The third-order valence-corrected chi connectivity index (χ3v) is 4.09. The van der Waals surface area contributed by atoms with E-state index in [1.54, 1.807) is 12.1 Å². The molecule has 104 valence electrons. The molecule has 0 aliphatic rings. The molecule has 0 bridgehead atoms. The Morgan fingerprint density at radius 1 is 1.30 bits per heavy atom. The molecule has 0 radical (unpaired) electrons. The van der Waals surface area contributed by atoms with Crippen molar-refractivity contribution in [2.75, 3.05) is 0 Å². The van der Waals surface area contributed by atoms with Gasteiger partial charge in [-0.3, -0.25) is 10.1 Å². The minimum atomic E-state index is -0.475. The summed E-state index contributed by atoms with van der Waals surface area (Å²) < 4.78 is 6.35. The summed E-state index contributed by atoms with van der Waals surface area (Å²) in [6, 6.07) is 9.70. The van der Waals surface area contributed by atoms with Crippen LogP contribution >= 0.6 is 43.5 Å². The van der Waals surface area contributed by atoms with Gasteiger partial charge in [-0.2, -0.15) is 0 Å². The molecule has 2 aromatic carbocycles. The first-order valence-electron chi connectivity index (χ1n) is 5.48. The number of nitro groups is 1. The van der Waals surface area contributed by atoms with Crippen molar-refractivity contribution in [3.8, 4) is 11.5 Å². The number of nitro benzene ring substituents is 1. The molecule has 20 heavy (non-hydrogen) atoms. The Kier molecular flexibility index (Phi) is 5.01. The van der Waals surface area contributed by atoms with Crippen molar-refractivity contribution in [2.24, 2.45) is 0 Å². The van der Waals surface area contributed by atoms with Gasteiger partial charge in [0.05, 0.1) is 20.5 Å². The molecule has 0 aliphatic carbocycles. The number of para-hydroxylation sites is 1. The van der Waals surface area contributed by atoms with Crippen molar-refractivity contribution in [3.05, 3.63) is 61.6 Å². The first kappa shape index (κ1) is 15.3. The molecule has 0 spiro atoms. The first-order chi connectivity index (χ1) is 9.52. The molecule has 0 saturated carbocycles. The van der Waals surface area contributed by atoms with Gasteiger partial charge in [0, 0.05) is 17.0 Å². The van der Waals surface area contributed by atoms with E-state index in [0.29, 0.717) is 26.3 Å². The highest BCUT2D eigenvalue weighted by molar-refractivity contribution is 9.10. The van der Waals surface area contributed by atoms with Gasteiger partial charge in [-0.05, 0) is 28.1 Å². The Labute approximate surface area is 137 Å². The normalized spacial score (nSPS) is 10.3.